The molecule has 0 aliphatic carbocycles. The Morgan fingerprint density at radius 1 is 1.57 bits per heavy atom. The third-order valence-corrected chi connectivity index (χ3v) is 1.07. The van der Waals surface area contributed by atoms with Crippen LogP contribution in [-0.4, -0.2) is 16.7 Å². The lowest BCUT2D eigenvalue weighted by molar-refractivity contribution is -0.221. The van der Waals surface area contributed by atoms with E-state index >= 15 is 0 Å². The maximum absolute atomic E-state index is 9.37. The van der Waals surface area contributed by atoms with Crippen LogP contribution >= 0.6 is 11.8 Å². The van der Waals surface area contributed by atoms with Crippen molar-refractivity contribution < 1.29 is 16.7 Å². The first-order valence-electron chi connectivity index (χ1n) is 1.05. The number of hydrogen-bond donors (Lipinski definition) is 1. The van der Waals surface area contributed by atoms with Crippen molar-refractivity contribution in [2.75, 3.05) is 0 Å². The van der Waals surface area contributed by atoms with Crippen LogP contribution in [-0.2, 0) is 10.3 Å². The standard InChI is InChI=1S/ClNO4S/c1-2(3)7(4,5)6/p+1. The molecule has 42 valence electrons. The Bertz CT molecular complexity index is 166. The van der Waals surface area contributed by atoms with Gasteiger partial charge in [-0.3, -0.25) is 0 Å². The number of nitroso groups, excluding NO2 is 1. The van der Waals surface area contributed by atoms with Crippen LogP contribution in [0.25, 0.3) is 0 Å². The van der Waals surface area contributed by atoms with E-state index in [4.69, 9.17) is 4.55 Å². The van der Waals surface area contributed by atoms with Gasteiger partial charge in [0.2, 0.25) is 0 Å². The minimum atomic E-state index is -4.70. The van der Waals surface area contributed by atoms with Crippen molar-refractivity contribution in [3.8, 4) is 0 Å². The van der Waals surface area contributed by atoms with Crippen molar-refractivity contribution in [3.63, 3.8) is 0 Å². The lowest BCUT2D eigenvalue weighted by Crippen LogP contribution is -2.05. The molecule has 0 amide bonds. The molecule has 0 saturated carbocycles. The van der Waals surface area contributed by atoms with E-state index in [1.807, 2.05) is 0 Å². The monoisotopic (exact) mass is 146 g/mol. The van der Waals surface area contributed by atoms with Gasteiger partial charge >= 0.3 is 22.1 Å². The molecule has 0 radical (unpaired) electrons. The van der Waals surface area contributed by atoms with Crippen LogP contribution in [0.1, 0.15) is 0 Å². The van der Waals surface area contributed by atoms with E-state index in [-0.39, 0.29) is 0 Å². The Labute approximate surface area is 44.5 Å². The quantitative estimate of drug-likeness (QED) is 0.408. The van der Waals surface area contributed by atoms with E-state index in [9.17, 15) is 13.3 Å². The third-order valence-electron chi connectivity index (χ3n) is 0.181. The summed E-state index contributed by atoms with van der Waals surface area (Å²) in [5.74, 6) is 0. The Kier molecular flexibility index (Phi) is 1.68. The lowest BCUT2D eigenvalue weighted by atomic mass is 13.7. The van der Waals surface area contributed by atoms with Gasteiger partial charge < -0.3 is 0 Å². The molecular formula is HClNO4S+. The Morgan fingerprint density at radius 3 is 1.71 bits per heavy atom. The molecule has 7 heavy (non-hydrogen) atoms. The molecule has 0 atom stereocenters. The second-order valence-corrected chi connectivity index (χ2v) is 2.40. The van der Waals surface area contributed by atoms with E-state index in [2.05, 4.69) is 11.8 Å². The molecule has 0 spiro atoms. The largest absolute Gasteiger partial charge is 0.573 e. The molecule has 0 aromatic rings. The van der Waals surface area contributed by atoms with Gasteiger partial charge in [0.15, 0.2) is 0 Å². The molecule has 0 aliphatic rings. The molecule has 0 unspecified atom stereocenters. The summed E-state index contributed by atoms with van der Waals surface area (Å²) in [5.41, 5.74) is 0. The first-order valence-corrected chi connectivity index (χ1v) is 2.79. The van der Waals surface area contributed by atoms with Crippen LogP contribution in [0.15, 0.2) is 0 Å². The summed E-state index contributed by atoms with van der Waals surface area (Å²) in [6, 6.07) is 0. The average Bonchev–Trinajstić information content (AvgIpc) is 1.31. The molecule has 5 nitrogen and oxygen atoms in total. The van der Waals surface area contributed by atoms with E-state index in [1.165, 1.54) is 0 Å². The summed E-state index contributed by atoms with van der Waals surface area (Å²) in [5, 5.41) is 0. The van der Waals surface area contributed by atoms with Crippen LogP contribution in [0.2, 0.25) is 0 Å². The maximum Gasteiger partial charge on any atom is 0.573 e. The molecule has 0 rings (SSSR count). The number of rotatable bonds is 1. The van der Waals surface area contributed by atoms with Gasteiger partial charge in [0, 0.05) is 0 Å². The van der Waals surface area contributed by atoms with Gasteiger partial charge in [-0.05, 0) is 0 Å². The lowest BCUT2D eigenvalue weighted by Gasteiger charge is -1.66. The summed E-state index contributed by atoms with van der Waals surface area (Å²) >= 11 is 4.19. The highest BCUT2D eigenvalue weighted by atomic mass is 35.5. The zero-order valence-corrected chi connectivity index (χ0v) is 4.48. The minimum absolute atomic E-state index is 1.06. The minimum Gasteiger partial charge on any atom is -0.228 e. The Hall–Kier alpha value is -0.200. The summed E-state index contributed by atoms with van der Waals surface area (Å²) in [4.78, 5) is 9.31. The van der Waals surface area contributed by atoms with Gasteiger partial charge in [-0.15, -0.1) is 8.42 Å². The molecule has 0 aromatic carbocycles. The number of nitrogens with zero attached hydrogens (tertiary/aromatic N) is 1. The van der Waals surface area contributed by atoms with E-state index in [1.54, 1.807) is 0 Å². The van der Waals surface area contributed by atoms with Crippen LogP contribution in [0.5, 0.6) is 0 Å². The van der Waals surface area contributed by atoms with Crippen LogP contribution < -0.4 is 0 Å². The fourth-order valence-corrected chi connectivity index (χ4v) is 0. The topological polar surface area (TPSA) is 74.5 Å². The predicted molar refractivity (Wildman–Crippen MR) is 21.0 cm³/mol. The normalized spacial score (nSPS) is 11.1. The van der Waals surface area contributed by atoms with Crippen LogP contribution in [0.4, 0.5) is 0 Å². The molecule has 7 heteroatoms. The molecule has 0 aliphatic heterocycles. The molecule has 0 aromatic heterocycles. The van der Waals surface area contributed by atoms with Crippen molar-refractivity contribution >= 4 is 22.1 Å². The first kappa shape index (κ1) is 6.80. The Morgan fingerprint density at radius 2 is 1.71 bits per heavy atom. The van der Waals surface area contributed by atoms with Crippen LogP contribution in [0, 0.1) is 4.91 Å². The van der Waals surface area contributed by atoms with Gasteiger partial charge in [-0.25, -0.2) is 4.55 Å². The van der Waals surface area contributed by atoms with E-state index in [0.29, 0.717) is 0 Å². The molecule has 0 bridgehead atoms. The second kappa shape index (κ2) is 1.73. The fraction of sp³-hybridized carbons (Fsp3) is 0. The van der Waals surface area contributed by atoms with Gasteiger partial charge in [0.1, 0.15) is 0 Å². The second-order valence-electron chi connectivity index (χ2n) is 0.660. The van der Waals surface area contributed by atoms with E-state index in [0.717, 1.165) is 0 Å². The van der Waals surface area contributed by atoms with Crippen molar-refractivity contribution in [2.24, 2.45) is 0 Å². The zero-order valence-electron chi connectivity index (χ0n) is 2.91. The molecule has 0 fully saturated rings. The molecule has 0 heterocycles. The summed E-state index contributed by atoms with van der Waals surface area (Å²) in [6.07, 6.45) is 0. The van der Waals surface area contributed by atoms with Crippen molar-refractivity contribution in [2.45, 2.75) is 0 Å². The first-order chi connectivity index (χ1) is 2.94. The van der Waals surface area contributed by atoms with Crippen molar-refractivity contribution in [1.82, 2.24) is 0 Å². The fourth-order valence-electron chi connectivity index (χ4n) is 0. The summed E-state index contributed by atoms with van der Waals surface area (Å²) < 4.78 is 25.2. The van der Waals surface area contributed by atoms with Crippen molar-refractivity contribution in [3.05, 3.63) is 4.91 Å². The highest BCUT2D eigenvalue weighted by molar-refractivity contribution is 7.80. The highest BCUT2D eigenvalue weighted by Gasteiger charge is 2.24. The van der Waals surface area contributed by atoms with E-state index < -0.39 is 14.0 Å². The molecule has 1 N–H and O–H groups in total. The van der Waals surface area contributed by atoms with Gasteiger partial charge in [-0.2, -0.15) is 0 Å². The maximum atomic E-state index is 9.37. The van der Waals surface area contributed by atoms with Gasteiger partial charge in [0.25, 0.3) is 3.68 Å². The van der Waals surface area contributed by atoms with Gasteiger partial charge in [-0.1, -0.05) is 0 Å². The van der Waals surface area contributed by atoms with Crippen molar-refractivity contribution in [1.29, 1.82) is 0 Å². The highest BCUT2D eigenvalue weighted by Crippen LogP contribution is 1.86. The molecule has 0 saturated heterocycles. The average molecular weight is 147 g/mol. The zero-order chi connectivity index (χ0) is 6.08. The van der Waals surface area contributed by atoms with Crippen LogP contribution in [0.3, 0.4) is 0 Å². The smallest absolute Gasteiger partial charge is 0.228 e. The number of halogens is 1. The molecular weight excluding hydrogens is 146 g/mol. The predicted octanol–water partition coefficient (Wildman–Crippen LogP) is -0.278. The number of hydrogen-bond acceptors (Lipinski definition) is 3. The Balaban J connectivity index is 4.43. The SMILES string of the molecule is O=[N+](Cl)S(=O)(=O)O. The third kappa shape index (κ3) is 2.49. The summed E-state index contributed by atoms with van der Waals surface area (Å²) in [6.45, 7) is 0. The van der Waals surface area contributed by atoms with Gasteiger partial charge in [0.05, 0.1) is 4.91 Å². The summed E-state index contributed by atoms with van der Waals surface area (Å²) in [7, 11) is -4.70.